The van der Waals surface area contributed by atoms with Gasteiger partial charge in [0.1, 0.15) is 0 Å². The van der Waals surface area contributed by atoms with E-state index in [9.17, 15) is 9.50 Å². The highest BCUT2D eigenvalue weighted by Gasteiger charge is 2.33. The zero-order chi connectivity index (χ0) is 13.9. The van der Waals surface area contributed by atoms with Gasteiger partial charge in [-0.25, -0.2) is 4.39 Å². The summed E-state index contributed by atoms with van der Waals surface area (Å²) in [7, 11) is 0. The molecule has 3 unspecified atom stereocenters. The minimum atomic E-state index is -0.554. The third-order valence-corrected chi connectivity index (χ3v) is 4.73. The smallest absolute Gasteiger partial charge is 0.166 e. The standard InChI is InChI=1S/C16H23FN2O/c17-13-10-11(7-8-16(13)20)19-15-5-2-1-4-12(15)14-6-3-9-18-14/h7-8,10,12,14-15,18-20H,1-6,9H2. The molecule has 1 aromatic rings. The van der Waals surface area contributed by atoms with Crippen LogP contribution in [0.2, 0.25) is 0 Å². The summed E-state index contributed by atoms with van der Waals surface area (Å²) in [5, 5.41) is 16.4. The van der Waals surface area contributed by atoms with Crippen LogP contribution in [0.1, 0.15) is 38.5 Å². The summed E-state index contributed by atoms with van der Waals surface area (Å²) in [6, 6.07) is 5.58. The van der Waals surface area contributed by atoms with Crippen LogP contribution in [0.15, 0.2) is 18.2 Å². The number of benzene rings is 1. The van der Waals surface area contributed by atoms with Gasteiger partial charge in [0.15, 0.2) is 11.6 Å². The average Bonchev–Trinajstić information content (AvgIpc) is 2.97. The van der Waals surface area contributed by atoms with Gasteiger partial charge in [-0.1, -0.05) is 12.8 Å². The second-order valence-corrected chi connectivity index (χ2v) is 6.07. The van der Waals surface area contributed by atoms with Crippen LogP contribution in [-0.2, 0) is 0 Å². The highest BCUT2D eigenvalue weighted by Crippen LogP contribution is 2.33. The van der Waals surface area contributed by atoms with Crippen molar-refractivity contribution in [3.63, 3.8) is 0 Å². The zero-order valence-electron chi connectivity index (χ0n) is 11.7. The fraction of sp³-hybridized carbons (Fsp3) is 0.625. The van der Waals surface area contributed by atoms with Crippen LogP contribution in [0, 0.1) is 11.7 Å². The fourth-order valence-corrected chi connectivity index (χ4v) is 3.71. The van der Waals surface area contributed by atoms with Gasteiger partial charge in [0, 0.05) is 23.8 Å². The largest absolute Gasteiger partial charge is 0.505 e. The number of phenols is 1. The van der Waals surface area contributed by atoms with Gasteiger partial charge in [0.2, 0.25) is 0 Å². The van der Waals surface area contributed by atoms with Crippen LogP contribution >= 0.6 is 0 Å². The molecule has 4 heteroatoms. The highest BCUT2D eigenvalue weighted by atomic mass is 19.1. The Kier molecular flexibility index (Phi) is 4.10. The Morgan fingerprint density at radius 3 is 2.75 bits per heavy atom. The highest BCUT2D eigenvalue weighted by molar-refractivity contribution is 5.47. The van der Waals surface area contributed by atoms with Gasteiger partial charge in [-0.15, -0.1) is 0 Å². The Bertz CT molecular complexity index is 460. The van der Waals surface area contributed by atoms with Crippen LogP contribution in [0.25, 0.3) is 0 Å². The van der Waals surface area contributed by atoms with Crippen molar-refractivity contribution in [2.75, 3.05) is 11.9 Å². The van der Waals surface area contributed by atoms with E-state index in [1.165, 1.54) is 44.2 Å². The second-order valence-electron chi connectivity index (χ2n) is 6.07. The van der Waals surface area contributed by atoms with Gasteiger partial charge < -0.3 is 15.7 Å². The van der Waals surface area contributed by atoms with E-state index in [0.717, 1.165) is 18.7 Å². The summed E-state index contributed by atoms with van der Waals surface area (Å²) in [5.74, 6) is -0.210. The molecule has 0 aromatic heterocycles. The van der Waals surface area contributed by atoms with Crippen molar-refractivity contribution in [1.82, 2.24) is 5.32 Å². The zero-order valence-corrected chi connectivity index (χ0v) is 11.7. The Morgan fingerprint density at radius 1 is 1.15 bits per heavy atom. The molecule has 0 radical (unpaired) electrons. The quantitative estimate of drug-likeness (QED) is 0.744. The maximum absolute atomic E-state index is 13.4. The van der Waals surface area contributed by atoms with E-state index < -0.39 is 5.82 Å². The third kappa shape index (κ3) is 2.90. The summed E-state index contributed by atoms with van der Waals surface area (Å²) in [6.45, 7) is 1.13. The molecule has 1 saturated carbocycles. The lowest BCUT2D eigenvalue weighted by atomic mass is 9.79. The van der Waals surface area contributed by atoms with E-state index >= 15 is 0 Å². The molecular weight excluding hydrogens is 255 g/mol. The second kappa shape index (κ2) is 6.00. The molecule has 0 amide bonds. The van der Waals surface area contributed by atoms with E-state index in [1.54, 1.807) is 6.07 Å². The molecule has 1 heterocycles. The normalized spacial score (nSPS) is 30.4. The Hall–Kier alpha value is -1.29. The SMILES string of the molecule is Oc1ccc(NC2CCCCC2C2CCCN2)cc1F. The van der Waals surface area contributed by atoms with E-state index in [-0.39, 0.29) is 5.75 Å². The molecule has 1 aromatic carbocycles. The van der Waals surface area contributed by atoms with E-state index in [2.05, 4.69) is 10.6 Å². The number of phenolic OH excluding ortho intramolecular Hbond substituents is 1. The summed E-state index contributed by atoms with van der Waals surface area (Å²) in [6.07, 6.45) is 7.45. The van der Waals surface area contributed by atoms with Crippen molar-refractivity contribution in [3.05, 3.63) is 24.0 Å². The molecule has 20 heavy (non-hydrogen) atoms. The number of halogens is 1. The van der Waals surface area contributed by atoms with Gasteiger partial charge in [-0.2, -0.15) is 0 Å². The summed E-state index contributed by atoms with van der Waals surface area (Å²) < 4.78 is 13.4. The molecular formula is C16H23FN2O. The maximum Gasteiger partial charge on any atom is 0.166 e. The number of anilines is 1. The van der Waals surface area contributed by atoms with E-state index in [1.807, 2.05) is 0 Å². The molecule has 2 fully saturated rings. The molecule has 1 aliphatic heterocycles. The first kappa shape index (κ1) is 13.7. The number of aromatic hydroxyl groups is 1. The fourth-order valence-electron chi connectivity index (χ4n) is 3.71. The van der Waals surface area contributed by atoms with Gasteiger partial charge in [-0.05, 0) is 50.3 Å². The molecule has 1 saturated heterocycles. The van der Waals surface area contributed by atoms with Crippen molar-refractivity contribution in [2.45, 2.75) is 50.6 Å². The molecule has 2 aliphatic rings. The summed E-state index contributed by atoms with van der Waals surface area (Å²) in [4.78, 5) is 0. The molecule has 0 bridgehead atoms. The molecule has 3 rings (SSSR count). The average molecular weight is 278 g/mol. The number of hydrogen-bond acceptors (Lipinski definition) is 3. The molecule has 0 spiro atoms. The first-order chi connectivity index (χ1) is 9.74. The van der Waals surface area contributed by atoms with Crippen molar-refractivity contribution in [1.29, 1.82) is 0 Å². The lowest BCUT2D eigenvalue weighted by Gasteiger charge is -2.36. The van der Waals surface area contributed by atoms with Crippen LogP contribution in [-0.4, -0.2) is 23.7 Å². The van der Waals surface area contributed by atoms with Crippen LogP contribution in [0.3, 0.4) is 0 Å². The van der Waals surface area contributed by atoms with Gasteiger partial charge in [0.25, 0.3) is 0 Å². The van der Waals surface area contributed by atoms with Crippen molar-refractivity contribution in [3.8, 4) is 5.75 Å². The maximum atomic E-state index is 13.4. The molecule has 3 atom stereocenters. The molecule has 3 N–H and O–H groups in total. The molecule has 3 nitrogen and oxygen atoms in total. The lowest BCUT2D eigenvalue weighted by molar-refractivity contribution is 0.262. The van der Waals surface area contributed by atoms with Crippen LogP contribution < -0.4 is 10.6 Å². The van der Waals surface area contributed by atoms with Gasteiger partial charge in [0.05, 0.1) is 0 Å². The lowest BCUT2D eigenvalue weighted by Crippen LogP contribution is -2.43. The van der Waals surface area contributed by atoms with Crippen LogP contribution in [0.4, 0.5) is 10.1 Å². The first-order valence-corrected chi connectivity index (χ1v) is 7.72. The minimum absolute atomic E-state index is 0.284. The monoisotopic (exact) mass is 278 g/mol. The predicted molar refractivity (Wildman–Crippen MR) is 78.5 cm³/mol. The minimum Gasteiger partial charge on any atom is -0.505 e. The van der Waals surface area contributed by atoms with E-state index in [4.69, 9.17) is 0 Å². The van der Waals surface area contributed by atoms with Gasteiger partial charge in [-0.3, -0.25) is 0 Å². The first-order valence-electron chi connectivity index (χ1n) is 7.72. The summed E-state index contributed by atoms with van der Waals surface area (Å²) in [5.41, 5.74) is 0.773. The molecule has 1 aliphatic carbocycles. The summed E-state index contributed by atoms with van der Waals surface area (Å²) >= 11 is 0. The molecule has 110 valence electrons. The predicted octanol–water partition coefficient (Wildman–Crippen LogP) is 3.25. The number of hydrogen-bond donors (Lipinski definition) is 3. The van der Waals surface area contributed by atoms with Crippen molar-refractivity contribution < 1.29 is 9.50 Å². The van der Waals surface area contributed by atoms with Crippen molar-refractivity contribution >= 4 is 5.69 Å². The Balaban J connectivity index is 1.71. The van der Waals surface area contributed by atoms with Gasteiger partial charge >= 0.3 is 0 Å². The Labute approximate surface area is 119 Å². The number of nitrogens with one attached hydrogen (secondary N) is 2. The topological polar surface area (TPSA) is 44.3 Å². The van der Waals surface area contributed by atoms with Crippen molar-refractivity contribution in [2.24, 2.45) is 5.92 Å². The number of rotatable bonds is 3. The van der Waals surface area contributed by atoms with Crippen LogP contribution in [0.5, 0.6) is 5.75 Å². The Morgan fingerprint density at radius 2 is 2.00 bits per heavy atom. The third-order valence-electron chi connectivity index (χ3n) is 4.73. The van der Waals surface area contributed by atoms with E-state index in [0.29, 0.717) is 18.0 Å².